The molecular weight excluding hydrogens is 134 g/mol. The summed E-state index contributed by atoms with van der Waals surface area (Å²) in [6.45, 7) is 3.57. The normalized spacial score (nSPS) is 9.00. The third kappa shape index (κ3) is 1.29. The summed E-state index contributed by atoms with van der Waals surface area (Å²) in [7, 11) is 1.60. The molecule has 2 nitrogen and oxygen atoms in total. The van der Waals surface area contributed by atoms with E-state index in [0.717, 1.165) is 5.69 Å². The molecule has 3 heteroatoms. The minimum Gasteiger partial charge on any atom is -0.473 e. The molecule has 0 amide bonds. The van der Waals surface area contributed by atoms with Crippen molar-refractivity contribution < 1.29 is 4.74 Å². The van der Waals surface area contributed by atoms with E-state index in [1.807, 2.05) is 5.38 Å². The van der Waals surface area contributed by atoms with E-state index in [1.165, 1.54) is 11.3 Å². The van der Waals surface area contributed by atoms with Crippen LogP contribution in [0.1, 0.15) is 5.69 Å². The first-order valence-corrected chi connectivity index (χ1v) is 3.36. The fraction of sp³-hybridized carbons (Fsp3) is 0.167. The average Bonchev–Trinajstić information content (AvgIpc) is 2.34. The van der Waals surface area contributed by atoms with Crippen LogP contribution < -0.4 is 4.74 Å². The van der Waals surface area contributed by atoms with E-state index < -0.39 is 0 Å². The predicted octanol–water partition coefficient (Wildman–Crippen LogP) is 1.79. The van der Waals surface area contributed by atoms with Crippen molar-refractivity contribution in [3.8, 4) is 5.19 Å². The minimum atomic E-state index is 0.685. The molecule has 0 unspecified atom stereocenters. The van der Waals surface area contributed by atoms with Crippen molar-refractivity contribution in [3.63, 3.8) is 0 Å². The van der Waals surface area contributed by atoms with Gasteiger partial charge in [0.25, 0.3) is 5.19 Å². The van der Waals surface area contributed by atoms with Crippen LogP contribution in [0.15, 0.2) is 12.0 Å². The molecule has 1 rings (SSSR count). The molecule has 0 aliphatic rings. The molecule has 1 heterocycles. The lowest BCUT2D eigenvalue weighted by Gasteiger charge is -1.85. The van der Waals surface area contributed by atoms with Crippen LogP contribution in [0.2, 0.25) is 0 Å². The lowest BCUT2D eigenvalue weighted by atomic mass is 10.5. The summed E-state index contributed by atoms with van der Waals surface area (Å²) in [5.74, 6) is 0. The number of nitrogens with zero attached hydrogens (tertiary/aromatic N) is 1. The maximum atomic E-state index is 4.86. The zero-order chi connectivity index (χ0) is 6.69. The summed E-state index contributed by atoms with van der Waals surface area (Å²) < 4.78 is 4.86. The third-order valence-electron chi connectivity index (χ3n) is 0.885. The van der Waals surface area contributed by atoms with Crippen molar-refractivity contribution in [2.24, 2.45) is 0 Å². The Morgan fingerprint density at radius 2 is 2.67 bits per heavy atom. The van der Waals surface area contributed by atoms with E-state index in [0.29, 0.717) is 5.19 Å². The van der Waals surface area contributed by atoms with Crippen LogP contribution in [0.25, 0.3) is 6.08 Å². The highest BCUT2D eigenvalue weighted by atomic mass is 32.1. The Kier molecular flexibility index (Phi) is 1.85. The Morgan fingerprint density at radius 1 is 1.89 bits per heavy atom. The average molecular weight is 141 g/mol. The topological polar surface area (TPSA) is 22.1 Å². The fourth-order valence-corrected chi connectivity index (χ4v) is 1.08. The summed E-state index contributed by atoms with van der Waals surface area (Å²) in [5.41, 5.74) is 0.872. The molecule has 0 saturated heterocycles. The Bertz CT molecular complexity index is 207. The molecule has 0 saturated carbocycles. The number of hydrogen-bond donors (Lipinski definition) is 0. The number of ether oxygens (including phenoxy) is 1. The molecule has 0 atom stereocenters. The van der Waals surface area contributed by atoms with Crippen LogP contribution >= 0.6 is 11.3 Å². The molecule has 0 aromatic carbocycles. The van der Waals surface area contributed by atoms with Gasteiger partial charge in [-0.25, -0.2) is 4.98 Å². The molecule has 1 aromatic rings. The van der Waals surface area contributed by atoms with Crippen molar-refractivity contribution in [3.05, 3.63) is 17.7 Å². The number of thiazole rings is 1. The SMILES string of the molecule is C=Cc1csc(OC)n1. The number of rotatable bonds is 2. The number of aromatic nitrogens is 1. The van der Waals surface area contributed by atoms with Gasteiger partial charge >= 0.3 is 0 Å². The second kappa shape index (κ2) is 2.64. The molecule has 0 N–H and O–H groups in total. The second-order valence-electron chi connectivity index (χ2n) is 1.45. The lowest BCUT2D eigenvalue weighted by molar-refractivity contribution is 0.411. The first-order chi connectivity index (χ1) is 4.36. The van der Waals surface area contributed by atoms with Crippen LogP contribution in [-0.4, -0.2) is 12.1 Å². The summed E-state index contributed by atoms with van der Waals surface area (Å²) in [5, 5.41) is 2.58. The van der Waals surface area contributed by atoms with E-state index in [-0.39, 0.29) is 0 Å². The largest absolute Gasteiger partial charge is 0.473 e. The van der Waals surface area contributed by atoms with Crippen LogP contribution in [-0.2, 0) is 0 Å². The van der Waals surface area contributed by atoms with Gasteiger partial charge in [0.2, 0.25) is 0 Å². The molecule has 0 bridgehead atoms. The van der Waals surface area contributed by atoms with E-state index >= 15 is 0 Å². The summed E-state index contributed by atoms with van der Waals surface area (Å²) in [6.07, 6.45) is 1.69. The van der Waals surface area contributed by atoms with Crippen molar-refractivity contribution in [2.45, 2.75) is 0 Å². The van der Waals surface area contributed by atoms with Gasteiger partial charge < -0.3 is 4.74 Å². The first-order valence-electron chi connectivity index (χ1n) is 2.49. The monoisotopic (exact) mass is 141 g/mol. The highest BCUT2D eigenvalue weighted by Crippen LogP contribution is 2.17. The molecule has 0 spiro atoms. The van der Waals surface area contributed by atoms with Crippen LogP contribution in [0.5, 0.6) is 5.19 Å². The Labute approximate surface area is 57.8 Å². The van der Waals surface area contributed by atoms with Gasteiger partial charge in [-0.15, -0.1) is 0 Å². The van der Waals surface area contributed by atoms with Gasteiger partial charge in [0.1, 0.15) is 0 Å². The molecule has 1 aromatic heterocycles. The van der Waals surface area contributed by atoms with Crippen molar-refractivity contribution in [2.75, 3.05) is 7.11 Å². The summed E-state index contributed by atoms with van der Waals surface area (Å²) >= 11 is 1.47. The first kappa shape index (κ1) is 6.29. The zero-order valence-corrected chi connectivity index (χ0v) is 5.94. The Morgan fingerprint density at radius 3 is 3.00 bits per heavy atom. The number of hydrogen-bond acceptors (Lipinski definition) is 3. The fourth-order valence-electron chi connectivity index (χ4n) is 0.456. The van der Waals surface area contributed by atoms with Crippen molar-refractivity contribution >= 4 is 17.4 Å². The molecule has 0 radical (unpaired) electrons. The molecule has 9 heavy (non-hydrogen) atoms. The van der Waals surface area contributed by atoms with Crippen LogP contribution in [0, 0.1) is 0 Å². The quantitative estimate of drug-likeness (QED) is 0.626. The van der Waals surface area contributed by atoms with Gasteiger partial charge in [-0.2, -0.15) is 0 Å². The summed E-state index contributed by atoms with van der Waals surface area (Å²) in [6, 6.07) is 0. The Hall–Kier alpha value is -0.830. The minimum absolute atomic E-state index is 0.685. The molecule has 48 valence electrons. The molecular formula is C6H7NOS. The molecule has 0 aliphatic heterocycles. The van der Waals surface area contributed by atoms with Gasteiger partial charge in [0.05, 0.1) is 12.8 Å². The summed E-state index contributed by atoms with van der Waals surface area (Å²) in [4.78, 5) is 4.03. The third-order valence-corrected chi connectivity index (χ3v) is 1.70. The van der Waals surface area contributed by atoms with Gasteiger partial charge in [0, 0.05) is 5.38 Å². The van der Waals surface area contributed by atoms with Gasteiger partial charge in [-0.3, -0.25) is 0 Å². The molecule has 0 fully saturated rings. The highest BCUT2D eigenvalue weighted by molar-refractivity contribution is 7.11. The predicted molar refractivity (Wildman–Crippen MR) is 38.8 cm³/mol. The van der Waals surface area contributed by atoms with Gasteiger partial charge in [-0.1, -0.05) is 17.9 Å². The zero-order valence-electron chi connectivity index (χ0n) is 5.13. The van der Waals surface area contributed by atoms with E-state index in [4.69, 9.17) is 4.74 Å². The van der Waals surface area contributed by atoms with E-state index in [2.05, 4.69) is 11.6 Å². The smallest absolute Gasteiger partial charge is 0.273 e. The number of methoxy groups -OCH3 is 1. The van der Waals surface area contributed by atoms with Crippen molar-refractivity contribution in [1.29, 1.82) is 0 Å². The van der Waals surface area contributed by atoms with Crippen LogP contribution in [0.4, 0.5) is 0 Å². The lowest BCUT2D eigenvalue weighted by Crippen LogP contribution is -1.79. The van der Waals surface area contributed by atoms with Crippen LogP contribution in [0.3, 0.4) is 0 Å². The van der Waals surface area contributed by atoms with E-state index in [9.17, 15) is 0 Å². The van der Waals surface area contributed by atoms with Crippen molar-refractivity contribution in [1.82, 2.24) is 4.98 Å². The maximum absolute atomic E-state index is 4.86. The van der Waals surface area contributed by atoms with E-state index in [1.54, 1.807) is 13.2 Å². The Balaban J connectivity index is 2.86. The highest BCUT2D eigenvalue weighted by Gasteiger charge is 1.94. The van der Waals surface area contributed by atoms with Gasteiger partial charge in [0.15, 0.2) is 0 Å². The molecule has 0 aliphatic carbocycles. The van der Waals surface area contributed by atoms with Gasteiger partial charge in [-0.05, 0) is 6.08 Å². The standard InChI is InChI=1S/C6H7NOS/c1-3-5-4-9-6(7-5)8-2/h3-4H,1H2,2H3. The maximum Gasteiger partial charge on any atom is 0.273 e. The second-order valence-corrected chi connectivity index (χ2v) is 2.27.